The van der Waals surface area contributed by atoms with Crippen LogP contribution < -0.4 is 20.9 Å². The van der Waals surface area contributed by atoms with E-state index < -0.39 is 0 Å². The van der Waals surface area contributed by atoms with Crippen LogP contribution in [0.5, 0.6) is 5.88 Å². The number of hydrogen-bond acceptors (Lipinski definition) is 8. The average Bonchev–Trinajstić information content (AvgIpc) is 3.46. The largest absolute Gasteiger partial charge is 0.481 e. The first-order valence-corrected chi connectivity index (χ1v) is 11.3. The lowest BCUT2D eigenvalue weighted by Crippen LogP contribution is -2.47. The molecule has 2 aliphatic rings. The fraction of sp³-hybridized carbons (Fsp3) is 0.381. The van der Waals surface area contributed by atoms with Crippen LogP contribution in [-0.4, -0.2) is 46.3 Å². The molecule has 2 fully saturated rings. The second kappa shape index (κ2) is 8.47. The molecule has 1 aromatic carbocycles. The normalized spacial score (nSPS) is 25.7. The molecule has 9 heteroatoms. The van der Waals surface area contributed by atoms with Crippen LogP contribution in [0, 0.1) is 5.92 Å². The van der Waals surface area contributed by atoms with Crippen LogP contribution in [-0.2, 0) is 0 Å². The monoisotopic (exact) mass is 442 g/mol. The van der Waals surface area contributed by atoms with Crippen molar-refractivity contribution in [2.45, 2.75) is 30.3 Å². The van der Waals surface area contributed by atoms with Gasteiger partial charge in [-0.3, -0.25) is 10.9 Å². The van der Waals surface area contributed by atoms with E-state index in [0.29, 0.717) is 17.8 Å². The van der Waals surface area contributed by atoms with Gasteiger partial charge in [0.05, 0.1) is 18.2 Å². The number of nitrogens with zero attached hydrogens (tertiary/aromatic N) is 3. The Kier molecular flexibility index (Phi) is 5.56. The van der Waals surface area contributed by atoms with Gasteiger partial charge in [-0.2, -0.15) is 0 Å². The van der Waals surface area contributed by atoms with Crippen LogP contribution in [0.15, 0.2) is 42.5 Å². The SMILES string of the molecule is COc1cccc(-c2cccc(-c3nnc(NC4CCC5NNCC5C4Cl)s3)c2)n1. The van der Waals surface area contributed by atoms with E-state index in [1.54, 1.807) is 18.4 Å². The molecule has 30 heavy (non-hydrogen) atoms. The fourth-order valence-electron chi connectivity index (χ4n) is 4.20. The molecule has 2 aromatic heterocycles. The van der Waals surface area contributed by atoms with E-state index in [1.165, 1.54) is 0 Å². The van der Waals surface area contributed by atoms with E-state index in [1.807, 2.05) is 36.4 Å². The summed E-state index contributed by atoms with van der Waals surface area (Å²) in [5.41, 5.74) is 9.44. The number of hydrazine groups is 1. The molecule has 0 radical (unpaired) electrons. The van der Waals surface area contributed by atoms with E-state index >= 15 is 0 Å². The van der Waals surface area contributed by atoms with Crippen molar-refractivity contribution < 1.29 is 4.74 Å². The zero-order valence-electron chi connectivity index (χ0n) is 16.5. The Morgan fingerprint density at radius 3 is 2.90 bits per heavy atom. The van der Waals surface area contributed by atoms with Crippen LogP contribution in [0.2, 0.25) is 0 Å². The number of benzene rings is 1. The molecule has 1 aliphatic carbocycles. The number of alkyl halides is 1. The lowest BCUT2D eigenvalue weighted by molar-refractivity contribution is 0.320. The van der Waals surface area contributed by atoms with Crippen LogP contribution in [0.1, 0.15) is 12.8 Å². The third-order valence-electron chi connectivity index (χ3n) is 5.80. The molecule has 1 aliphatic heterocycles. The molecule has 3 aromatic rings. The molecule has 0 spiro atoms. The van der Waals surface area contributed by atoms with Crippen molar-refractivity contribution in [2.24, 2.45) is 5.92 Å². The summed E-state index contributed by atoms with van der Waals surface area (Å²) in [6.07, 6.45) is 2.11. The molecule has 5 rings (SSSR count). The average molecular weight is 443 g/mol. The number of ether oxygens (including phenoxy) is 1. The summed E-state index contributed by atoms with van der Waals surface area (Å²) in [6.45, 7) is 0.906. The number of hydrogen-bond donors (Lipinski definition) is 3. The molecule has 7 nitrogen and oxygen atoms in total. The molecular weight excluding hydrogens is 420 g/mol. The summed E-state index contributed by atoms with van der Waals surface area (Å²) in [5, 5.41) is 14.0. The van der Waals surface area contributed by atoms with Gasteiger partial charge in [0.1, 0.15) is 5.01 Å². The highest BCUT2D eigenvalue weighted by Crippen LogP contribution is 2.35. The quantitative estimate of drug-likeness (QED) is 0.521. The minimum absolute atomic E-state index is 0.0565. The van der Waals surface area contributed by atoms with Crippen LogP contribution in [0.3, 0.4) is 0 Å². The van der Waals surface area contributed by atoms with E-state index in [4.69, 9.17) is 16.3 Å². The molecular formula is C21H23ClN6OS. The summed E-state index contributed by atoms with van der Waals surface area (Å²) < 4.78 is 5.24. The molecule has 1 saturated carbocycles. The smallest absolute Gasteiger partial charge is 0.213 e. The lowest BCUT2D eigenvalue weighted by atomic mass is 9.82. The lowest BCUT2D eigenvalue weighted by Gasteiger charge is -2.35. The van der Waals surface area contributed by atoms with Crippen molar-refractivity contribution in [2.75, 3.05) is 19.0 Å². The van der Waals surface area contributed by atoms with Gasteiger partial charge in [-0.25, -0.2) is 4.98 Å². The topological polar surface area (TPSA) is 84.0 Å². The molecule has 3 N–H and O–H groups in total. The van der Waals surface area contributed by atoms with Gasteiger partial charge in [0.25, 0.3) is 0 Å². The third-order valence-corrected chi connectivity index (χ3v) is 7.33. The van der Waals surface area contributed by atoms with Crippen molar-refractivity contribution in [3.63, 3.8) is 0 Å². The predicted octanol–water partition coefficient (Wildman–Crippen LogP) is 3.55. The number of aromatic nitrogens is 3. The highest BCUT2D eigenvalue weighted by atomic mass is 35.5. The Morgan fingerprint density at radius 1 is 1.13 bits per heavy atom. The molecule has 0 amide bonds. The first-order valence-electron chi connectivity index (χ1n) is 10.1. The second-order valence-electron chi connectivity index (χ2n) is 7.63. The molecule has 4 atom stereocenters. The molecule has 0 bridgehead atoms. The Labute approximate surface area is 184 Å². The summed E-state index contributed by atoms with van der Waals surface area (Å²) in [4.78, 5) is 4.52. The number of anilines is 1. The molecule has 3 heterocycles. The van der Waals surface area contributed by atoms with Crippen molar-refractivity contribution >= 4 is 28.1 Å². The second-order valence-corrected chi connectivity index (χ2v) is 9.11. The summed E-state index contributed by atoms with van der Waals surface area (Å²) >= 11 is 8.32. The van der Waals surface area contributed by atoms with E-state index in [-0.39, 0.29) is 11.4 Å². The molecule has 1 saturated heterocycles. The van der Waals surface area contributed by atoms with Crippen molar-refractivity contribution in [3.8, 4) is 27.7 Å². The van der Waals surface area contributed by atoms with Gasteiger partial charge in [0.2, 0.25) is 11.0 Å². The van der Waals surface area contributed by atoms with Crippen LogP contribution in [0.4, 0.5) is 5.13 Å². The Hall–Kier alpha value is -2.26. The maximum atomic E-state index is 6.77. The van der Waals surface area contributed by atoms with Gasteiger partial charge in [-0.15, -0.1) is 21.8 Å². The highest BCUT2D eigenvalue weighted by molar-refractivity contribution is 7.18. The van der Waals surface area contributed by atoms with Gasteiger partial charge < -0.3 is 10.1 Å². The Bertz CT molecular complexity index is 1030. The maximum Gasteiger partial charge on any atom is 0.213 e. The number of methoxy groups -OCH3 is 1. The van der Waals surface area contributed by atoms with Crippen molar-refractivity contribution in [1.29, 1.82) is 0 Å². The Morgan fingerprint density at radius 2 is 2.00 bits per heavy atom. The highest BCUT2D eigenvalue weighted by Gasteiger charge is 2.41. The summed E-state index contributed by atoms with van der Waals surface area (Å²) in [7, 11) is 1.62. The zero-order chi connectivity index (χ0) is 20.5. The minimum atomic E-state index is 0.0565. The molecule has 156 valence electrons. The zero-order valence-corrected chi connectivity index (χ0v) is 18.1. The van der Waals surface area contributed by atoms with Gasteiger partial charge in [-0.1, -0.05) is 35.6 Å². The number of fused-ring (bicyclic) bond motifs is 1. The van der Waals surface area contributed by atoms with Gasteiger partial charge in [0, 0.05) is 41.7 Å². The van der Waals surface area contributed by atoms with Gasteiger partial charge >= 0.3 is 0 Å². The van der Waals surface area contributed by atoms with Crippen LogP contribution in [0.25, 0.3) is 21.8 Å². The third kappa shape index (κ3) is 3.88. The van der Waals surface area contributed by atoms with E-state index in [0.717, 1.165) is 46.3 Å². The fourth-order valence-corrected chi connectivity index (χ4v) is 5.46. The number of rotatable bonds is 5. The number of halogens is 1. The number of nitrogens with one attached hydrogen (secondary N) is 3. The Balaban J connectivity index is 1.33. The van der Waals surface area contributed by atoms with Gasteiger partial charge in [-0.05, 0) is 25.0 Å². The van der Waals surface area contributed by atoms with Crippen molar-refractivity contribution in [1.82, 2.24) is 26.0 Å². The first-order chi connectivity index (χ1) is 14.7. The first kappa shape index (κ1) is 19.7. The summed E-state index contributed by atoms with van der Waals surface area (Å²) in [6, 6.07) is 14.6. The number of pyridine rings is 1. The maximum absolute atomic E-state index is 6.77. The molecule has 4 unspecified atom stereocenters. The van der Waals surface area contributed by atoms with E-state index in [2.05, 4.69) is 37.4 Å². The minimum Gasteiger partial charge on any atom is -0.481 e. The standard InChI is InChI=1S/C21H23ClN6OS/c1-29-18-7-3-6-15(24-18)12-4-2-5-13(10-12)20-27-28-21(30-20)25-17-9-8-16-14(19(17)22)11-23-26-16/h2-7,10,14,16-17,19,23,26H,8-9,11H2,1H3,(H,25,28). The van der Waals surface area contributed by atoms with Gasteiger partial charge in [0.15, 0.2) is 0 Å². The van der Waals surface area contributed by atoms with Crippen molar-refractivity contribution in [3.05, 3.63) is 42.5 Å². The van der Waals surface area contributed by atoms with Crippen LogP contribution >= 0.6 is 22.9 Å². The predicted molar refractivity (Wildman–Crippen MR) is 120 cm³/mol. The van der Waals surface area contributed by atoms with E-state index in [9.17, 15) is 0 Å². The summed E-state index contributed by atoms with van der Waals surface area (Å²) in [5.74, 6) is 1.02.